The van der Waals surface area contributed by atoms with Gasteiger partial charge in [0.1, 0.15) is 18.0 Å². The summed E-state index contributed by atoms with van der Waals surface area (Å²) < 4.78 is 49.9. The lowest BCUT2D eigenvalue weighted by molar-refractivity contribution is 0.0827. The van der Waals surface area contributed by atoms with Crippen LogP contribution in [0.5, 0.6) is 29.0 Å². The Kier molecular flexibility index (Phi) is 9.21. The van der Waals surface area contributed by atoms with Crippen LogP contribution in [0.3, 0.4) is 0 Å². The molecule has 0 spiro atoms. The van der Waals surface area contributed by atoms with Gasteiger partial charge in [0.15, 0.2) is 11.5 Å². The molecule has 1 aliphatic rings. The lowest BCUT2D eigenvalue weighted by Gasteiger charge is -2.34. The maximum atomic E-state index is 16.1. The molecule has 0 atom stereocenters. The normalized spacial score (nSPS) is 13.2. The van der Waals surface area contributed by atoms with E-state index in [0.717, 1.165) is 5.56 Å². The van der Waals surface area contributed by atoms with Gasteiger partial charge in [-0.2, -0.15) is 19.0 Å². The highest BCUT2D eigenvalue weighted by molar-refractivity contribution is 5.94. The molecule has 0 aliphatic carbocycles. The van der Waals surface area contributed by atoms with Crippen molar-refractivity contribution in [3.63, 3.8) is 0 Å². The monoisotopic (exact) mass is 599 g/mol. The van der Waals surface area contributed by atoms with Crippen molar-refractivity contribution in [3.05, 3.63) is 101 Å². The minimum Gasteiger partial charge on any atom is -0.485 e. The number of likely N-dealkylation sites (N-methyl/N-ethyl adjacent to an activating group) is 1. The van der Waals surface area contributed by atoms with Crippen LogP contribution in [-0.2, 0) is 6.61 Å². The Morgan fingerprint density at radius 2 is 1.61 bits per heavy atom. The Balaban J connectivity index is 1.54. The maximum Gasteiger partial charge on any atom is 0.261 e. The third-order valence-electron chi connectivity index (χ3n) is 7.03. The molecular formula is C33H31F2N5O4. The Hall–Kier alpha value is -5.21. The van der Waals surface area contributed by atoms with E-state index in [-0.39, 0.29) is 41.0 Å². The van der Waals surface area contributed by atoms with Crippen LogP contribution < -0.4 is 19.1 Å². The van der Waals surface area contributed by atoms with Crippen LogP contribution in [0.4, 0.5) is 14.5 Å². The summed E-state index contributed by atoms with van der Waals surface area (Å²) in [7, 11) is 5.16. The van der Waals surface area contributed by atoms with E-state index >= 15 is 8.78 Å². The zero-order valence-electron chi connectivity index (χ0n) is 24.6. The highest BCUT2D eigenvalue weighted by Crippen LogP contribution is 2.40. The van der Waals surface area contributed by atoms with Gasteiger partial charge in [0.25, 0.3) is 17.7 Å². The van der Waals surface area contributed by atoms with Crippen molar-refractivity contribution in [1.29, 1.82) is 5.26 Å². The smallest absolute Gasteiger partial charge is 0.261 e. The van der Waals surface area contributed by atoms with Gasteiger partial charge in [-0.1, -0.05) is 36.4 Å². The summed E-state index contributed by atoms with van der Waals surface area (Å²) in [5.74, 6) is -3.01. The summed E-state index contributed by atoms with van der Waals surface area (Å²) in [4.78, 5) is 21.6. The molecular weight excluding hydrogens is 568 g/mol. The van der Waals surface area contributed by atoms with Gasteiger partial charge >= 0.3 is 0 Å². The number of hydrogen-bond donors (Lipinski definition) is 0. The molecule has 1 fully saturated rings. The number of pyridine rings is 1. The molecule has 0 bridgehead atoms. The molecule has 3 aromatic carbocycles. The van der Waals surface area contributed by atoms with Crippen molar-refractivity contribution >= 4 is 11.6 Å². The third-order valence-corrected chi connectivity index (χ3v) is 7.03. The first-order chi connectivity index (χ1) is 21.2. The molecule has 2 heterocycles. The first-order valence-electron chi connectivity index (χ1n) is 13.9. The molecule has 0 saturated carbocycles. The molecule has 9 nitrogen and oxygen atoms in total. The van der Waals surface area contributed by atoms with Crippen LogP contribution in [0.25, 0.3) is 0 Å². The van der Waals surface area contributed by atoms with Gasteiger partial charge in [-0.15, -0.1) is 0 Å². The van der Waals surface area contributed by atoms with Crippen molar-refractivity contribution in [2.75, 3.05) is 52.2 Å². The van der Waals surface area contributed by atoms with Crippen molar-refractivity contribution in [2.45, 2.75) is 6.61 Å². The van der Waals surface area contributed by atoms with E-state index < -0.39 is 23.4 Å². The molecule has 1 saturated heterocycles. The van der Waals surface area contributed by atoms with E-state index in [4.69, 9.17) is 14.2 Å². The molecule has 0 unspecified atom stereocenters. The molecule has 11 heteroatoms. The molecule has 4 aromatic rings. The standard InChI is InChI=1S/C33H31F2N5O4/c1-38(2)33(41)24-10-7-11-25(19-24)43-31-28(34)30(40-16-14-39(3)15-17-40)29(35)32(37-31)44-27-18-23(20-36)12-13-26(27)42-21-22-8-5-4-6-9-22/h4-13,18-19H,14-17,21H2,1-3H3. The molecule has 1 aliphatic heterocycles. The minimum atomic E-state index is -1.02. The van der Waals surface area contributed by atoms with Crippen LogP contribution in [0, 0.1) is 23.0 Å². The quantitative estimate of drug-likeness (QED) is 0.237. The highest BCUT2D eigenvalue weighted by Gasteiger charge is 2.30. The number of benzene rings is 3. The molecule has 1 aromatic heterocycles. The molecule has 44 heavy (non-hydrogen) atoms. The van der Waals surface area contributed by atoms with Crippen LogP contribution in [0.1, 0.15) is 21.5 Å². The number of hydrogen-bond acceptors (Lipinski definition) is 8. The van der Waals surface area contributed by atoms with E-state index in [1.165, 1.54) is 17.0 Å². The van der Waals surface area contributed by atoms with Gasteiger partial charge in [-0.25, -0.2) is 0 Å². The van der Waals surface area contributed by atoms with E-state index in [1.54, 1.807) is 49.3 Å². The number of carbonyl (C=O) groups is 1. The van der Waals surface area contributed by atoms with Gasteiger partial charge in [0.2, 0.25) is 11.6 Å². The second-order valence-corrected chi connectivity index (χ2v) is 10.5. The topological polar surface area (TPSA) is 91.2 Å². The number of nitrogens with zero attached hydrogens (tertiary/aromatic N) is 5. The van der Waals surface area contributed by atoms with Gasteiger partial charge in [-0.3, -0.25) is 4.79 Å². The first kappa shape index (κ1) is 30.3. The second kappa shape index (κ2) is 13.4. The van der Waals surface area contributed by atoms with Crippen LogP contribution in [-0.4, -0.2) is 68.0 Å². The van der Waals surface area contributed by atoms with Crippen molar-refractivity contribution in [2.24, 2.45) is 0 Å². The number of ether oxygens (including phenoxy) is 3. The van der Waals surface area contributed by atoms with Crippen LogP contribution in [0.15, 0.2) is 72.8 Å². The maximum absolute atomic E-state index is 16.1. The molecule has 5 rings (SSSR count). The average Bonchev–Trinajstić information content (AvgIpc) is 3.03. The predicted octanol–water partition coefficient (Wildman–Crippen LogP) is 5.85. The van der Waals surface area contributed by atoms with Crippen molar-refractivity contribution in [3.8, 4) is 35.1 Å². The van der Waals surface area contributed by atoms with E-state index in [9.17, 15) is 10.1 Å². The number of carbonyl (C=O) groups excluding carboxylic acids is 1. The Bertz CT molecular complexity index is 1690. The Morgan fingerprint density at radius 3 is 2.30 bits per heavy atom. The van der Waals surface area contributed by atoms with Gasteiger partial charge in [-0.05, 0) is 42.9 Å². The van der Waals surface area contributed by atoms with E-state index in [0.29, 0.717) is 31.7 Å². The SMILES string of the molecule is CN1CCN(c2c(F)c(Oc3cccc(C(=O)N(C)C)c3)nc(Oc3cc(C#N)ccc3OCc3ccccc3)c2F)CC1. The Morgan fingerprint density at radius 1 is 0.909 bits per heavy atom. The first-order valence-corrected chi connectivity index (χ1v) is 13.9. The van der Waals surface area contributed by atoms with Crippen molar-refractivity contribution < 1.29 is 27.8 Å². The van der Waals surface area contributed by atoms with E-state index in [1.807, 2.05) is 43.4 Å². The average molecular weight is 600 g/mol. The summed E-state index contributed by atoms with van der Waals surface area (Å²) in [6, 6.07) is 22.1. The lowest BCUT2D eigenvalue weighted by atomic mass is 10.2. The minimum absolute atomic E-state index is 0.0202. The molecule has 0 radical (unpaired) electrons. The number of nitriles is 1. The fourth-order valence-corrected chi connectivity index (χ4v) is 4.61. The van der Waals surface area contributed by atoms with Crippen molar-refractivity contribution in [1.82, 2.24) is 14.8 Å². The number of halogens is 2. The molecule has 226 valence electrons. The summed E-state index contributed by atoms with van der Waals surface area (Å²) in [5.41, 5.74) is 1.10. The second-order valence-electron chi connectivity index (χ2n) is 10.5. The number of rotatable bonds is 9. The summed E-state index contributed by atoms with van der Waals surface area (Å²) in [5, 5.41) is 9.51. The summed E-state index contributed by atoms with van der Waals surface area (Å²) in [6.45, 7) is 2.07. The number of amides is 1. The number of piperazine rings is 1. The van der Waals surface area contributed by atoms with Crippen LogP contribution >= 0.6 is 0 Å². The predicted molar refractivity (Wildman–Crippen MR) is 160 cm³/mol. The fourth-order valence-electron chi connectivity index (χ4n) is 4.61. The largest absolute Gasteiger partial charge is 0.485 e. The molecule has 0 N–H and O–H groups in total. The number of aromatic nitrogens is 1. The lowest BCUT2D eigenvalue weighted by Crippen LogP contribution is -2.45. The van der Waals surface area contributed by atoms with Gasteiger partial charge < -0.3 is 28.9 Å². The van der Waals surface area contributed by atoms with Crippen LogP contribution in [0.2, 0.25) is 0 Å². The molecule has 1 amide bonds. The summed E-state index contributed by atoms with van der Waals surface area (Å²) >= 11 is 0. The Labute approximate surface area is 254 Å². The summed E-state index contributed by atoms with van der Waals surface area (Å²) in [6.07, 6.45) is 0. The zero-order valence-corrected chi connectivity index (χ0v) is 24.6. The fraction of sp³-hybridized carbons (Fsp3) is 0.242. The van der Waals surface area contributed by atoms with Gasteiger partial charge in [0.05, 0.1) is 11.6 Å². The number of anilines is 1. The third kappa shape index (κ3) is 6.88. The highest BCUT2D eigenvalue weighted by atomic mass is 19.1. The zero-order chi connectivity index (χ0) is 31.2. The van der Waals surface area contributed by atoms with E-state index in [2.05, 4.69) is 9.88 Å². The van der Waals surface area contributed by atoms with Gasteiger partial charge in [0, 0.05) is 51.9 Å².